The van der Waals surface area contributed by atoms with Gasteiger partial charge in [-0.2, -0.15) is 0 Å². The second kappa shape index (κ2) is 6.84. The highest BCUT2D eigenvalue weighted by Crippen LogP contribution is 2.28. The van der Waals surface area contributed by atoms with E-state index in [1.807, 2.05) is 25.1 Å². The standard InChI is InChI=1S/C14H14BrClFNS/c1-2-18-13(8-10-4-6-14(16)19-10)9-3-5-11(15)12(17)7-9/h3-7,13,18H,2,8H2,1H3. The van der Waals surface area contributed by atoms with E-state index in [9.17, 15) is 4.39 Å². The number of halogens is 3. The van der Waals surface area contributed by atoms with E-state index in [0.29, 0.717) is 4.47 Å². The molecule has 0 saturated heterocycles. The zero-order chi connectivity index (χ0) is 13.8. The van der Waals surface area contributed by atoms with Crippen molar-refractivity contribution in [1.29, 1.82) is 0 Å². The lowest BCUT2D eigenvalue weighted by Crippen LogP contribution is -2.22. The second-order valence-electron chi connectivity index (χ2n) is 4.19. The number of thiophene rings is 1. The van der Waals surface area contributed by atoms with Crippen molar-refractivity contribution >= 4 is 38.9 Å². The number of nitrogens with one attached hydrogen (secondary N) is 1. The maximum Gasteiger partial charge on any atom is 0.137 e. The van der Waals surface area contributed by atoms with Crippen molar-refractivity contribution in [2.75, 3.05) is 6.54 Å². The molecule has 19 heavy (non-hydrogen) atoms. The fourth-order valence-electron chi connectivity index (χ4n) is 1.95. The Balaban J connectivity index is 2.21. The first-order valence-electron chi connectivity index (χ1n) is 6.02. The topological polar surface area (TPSA) is 12.0 Å². The van der Waals surface area contributed by atoms with Gasteiger partial charge in [0.05, 0.1) is 8.81 Å². The van der Waals surface area contributed by atoms with Crippen molar-refractivity contribution in [3.63, 3.8) is 0 Å². The summed E-state index contributed by atoms with van der Waals surface area (Å²) in [5, 5.41) is 3.38. The summed E-state index contributed by atoms with van der Waals surface area (Å²) < 4.78 is 14.9. The molecule has 1 aromatic carbocycles. The molecule has 0 aliphatic heterocycles. The summed E-state index contributed by atoms with van der Waals surface area (Å²) in [4.78, 5) is 1.19. The van der Waals surface area contributed by atoms with Crippen molar-refractivity contribution in [3.05, 3.63) is 55.4 Å². The van der Waals surface area contributed by atoms with Crippen LogP contribution in [0.15, 0.2) is 34.8 Å². The minimum atomic E-state index is -0.232. The van der Waals surface area contributed by atoms with Gasteiger partial charge in [0.15, 0.2) is 0 Å². The van der Waals surface area contributed by atoms with Crippen molar-refractivity contribution in [1.82, 2.24) is 5.32 Å². The van der Waals surface area contributed by atoms with E-state index >= 15 is 0 Å². The monoisotopic (exact) mass is 361 g/mol. The SMILES string of the molecule is CCNC(Cc1ccc(Cl)s1)c1ccc(Br)c(F)c1. The Hall–Kier alpha value is -0.420. The van der Waals surface area contributed by atoms with Crippen molar-refractivity contribution in [2.45, 2.75) is 19.4 Å². The molecule has 2 aromatic rings. The molecule has 1 atom stereocenters. The molecule has 0 radical (unpaired) electrons. The van der Waals surface area contributed by atoms with Crippen LogP contribution >= 0.6 is 38.9 Å². The molecule has 1 heterocycles. The third kappa shape index (κ3) is 4.02. The molecule has 0 aliphatic carbocycles. The maximum atomic E-state index is 13.6. The summed E-state index contributed by atoms with van der Waals surface area (Å²) in [6, 6.07) is 9.28. The molecule has 0 bridgehead atoms. The van der Waals surface area contributed by atoms with Crippen LogP contribution in [0.4, 0.5) is 4.39 Å². The van der Waals surface area contributed by atoms with E-state index in [4.69, 9.17) is 11.6 Å². The van der Waals surface area contributed by atoms with E-state index in [1.165, 1.54) is 4.88 Å². The van der Waals surface area contributed by atoms with Crippen LogP contribution in [0.2, 0.25) is 4.34 Å². The van der Waals surface area contributed by atoms with E-state index in [1.54, 1.807) is 23.5 Å². The molecule has 2 rings (SSSR count). The summed E-state index contributed by atoms with van der Waals surface area (Å²) in [5.74, 6) is -0.232. The predicted molar refractivity (Wildman–Crippen MR) is 83.6 cm³/mol. The zero-order valence-corrected chi connectivity index (χ0v) is 13.6. The highest BCUT2D eigenvalue weighted by atomic mass is 79.9. The molecule has 1 aromatic heterocycles. The van der Waals surface area contributed by atoms with Crippen LogP contribution in [0.25, 0.3) is 0 Å². The molecule has 0 fully saturated rings. The van der Waals surface area contributed by atoms with Crippen LogP contribution in [-0.2, 0) is 6.42 Å². The molecular weight excluding hydrogens is 349 g/mol. The van der Waals surface area contributed by atoms with Crippen LogP contribution < -0.4 is 5.32 Å². The quantitative estimate of drug-likeness (QED) is 0.771. The average Bonchev–Trinajstić information content (AvgIpc) is 2.78. The molecule has 0 spiro atoms. The number of likely N-dealkylation sites (N-methyl/N-ethyl adjacent to an activating group) is 1. The minimum absolute atomic E-state index is 0.0994. The summed E-state index contributed by atoms with van der Waals surface area (Å²) in [6.45, 7) is 2.88. The third-order valence-electron chi connectivity index (χ3n) is 2.83. The van der Waals surface area contributed by atoms with Gasteiger partial charge in [0.1, 0.15) is 5.82 Å². The van der Waals surface area contributed by atoms with Crippen LogP contribution in [0.3, 0.4) is 0 Å². The van der Waals surface area contributed by atoms with Crippen LogP contribution in [0.1, 0.15) is 23.4 Å². The molecule has 0 amide bonds. The predicted octanol–water partition coefficient (Wildman–Crippen LogP) is 5.20. The van der Waals surface area contributed by atoms with Gasteiger partial charge < -0.3 is 5.32 Å². The Morgan fingerprint density at radius 3 is 2.74 bits per heavy atom. The van der Waals surface area contributed by atoms with Gasteiger partial charge in [0.25, 0.3) is 0 Å². The van der Waals surface area contributed by atoms with Crippen LogP contribution in [-0.4, -0.2) is 6.54 Å². The van der Waals surface area contributed by atoms with Gasteiger partial charge in [-0.3, -0.25) is 0 Å². The third-order valence-corrected chi connectivity index (χ3v) is 4.73. The minimum Gasteiger partial charge on any atom is -0.310 e. The maximum absolute atomic E-state index is 13.6. The van der Waals surface area contributed by atoms with Gasteiger partial charge in [-0.25, -0.2) is 4.39 Å². The lowest BCUT2D eigenvalue weighted by molar-refractivity contribution is 0.545. The first-order chi connectivity index (χ1) is 9.10. The number of rotatable bonds is 5. The van der Waals surface area contributed by atoms with Crippen LogP contribution in [0.5, 0.6) is 0 Å². The molecular formula is C14H14BrClFNS. The lowest BCUT2D eigenvalue weighted by atomic mass is 10.0. The summed E-state index contributed by atoms with van der Waals surface area (Å²) in [6.07, 6.45) is 0.812. The fourth-order valence-corrected chi connectivity index (χ4v) is 3.33. The fraction of sp³-hybridized carbons (Fsp3) is 0.286. The number of benzene rings is 1. The number of hydrogen-bond acceptors (Lipinski definition) is 2. The van der Waals surface area contributed by atoms with E-state index in [2.05, 4.69) is 21.2 Å². The first-order valence-corrected chi connectivity index (χ1v) is 8.01. The van der Waals surface area contributed by atoms with Crippen molar-refractivity contribution in [2.24, 2.45) is 0 Å². The van der Waals surface area contributed by atoms with Gasteiger partial charge >= 0.3 is 0 Å². The van der Waals surface area contributed by atoms with Gasteiger partial charge in [-0.1, -0.05) is 24.6 Å². The average molecular weight is 363 g/mol. The Morgan fingerprint density at radius 2 is 2.16 bits per heavy atom. The Bertz CT molecular complexity index is 558. The van der Waals surface area contributed by atoms with Crippen LogP contribution in [0, 0.1) is 5.82 Å². The Labute approximate surface area is 129 Å². The normalized spacial score (nSPS) is 12.6. The molecule has 5 heteroatoms. The number of hydrogen-bond donors (Lipinski definition) is 1. The van der Waals surface area contributed by atoms with Crippen molar-refractivity contribution < 1.29 is 4.39 Å². The summed E-state index contributed by atoms with van der Waals surface area (Å²) >= 11 is 10.7. The molecule has 1 nitrogen and oxygen atoms in total. The lowest BCUT2D eigenvalue weighted by Gasteiger charge is -2.18. The molecule has 1 unspecified atom stereocenters. The van der Waals surface area contributed by atoms with E-state index < -0.39 is 0 Å². The van der Waals surface area contributed by atoms with Gasteiger partial charge in [0.2, 0.25) is 0 Å². The van der Waals surface area contributed by atoms with Crippen molar-refractivity contribution in [3.8, 4) is 0 Å². The van der Waals surface area contributed by atoms with E-state index in [-0.39, 0.29) is 11.9 Å². The van der Waals surface area contributed by atoms with Gasteiger partial charge in [-0.15, -0.1) is 11.3 Å². The summed E-state index contributed by atoms with van der Waals surface area (Å²) in [5.41, 5.74) is 0.951. The van der Waals surface area contributed by atoms with Gasteiger partial charge in [0, 0.05) is 17.3 Å². The van der Waals surface area contributed by atoms with E-state index in [0.717, 1.165) is 22.9 Å². The largest absolute Gasteiger partial charge is 0.310 e. The zero-order valence-electron chi connectivity index (χ0n) is 10.4. The molecule has 1 N–H and O–H groups in total. The Morgan fingerprint density at radius 1 is 1.37 bits per heavy atom. The smallest absolute Gasteiger partial charge is 0.137 e. The highest BCUT2D eigenvalue weighted by Gasteiger charge is 2.14. The second-order valence-corrected chi connectivity index (χ2v) is 6.85. The van der Waals surface area contributed by atoms with Gasteiger partial charge in [-0.05, 0) is 52.3 Å². The highest BCUT2D eigenvalue weighted by molar-refractivity contribution is 9.10. The molecule has 0 aliphatic rings. The summed E-state index contributed by atoms with van der Waals surface area (Å²) in [7, 11) is 0. The Kier molecular flexibility index (Phi) is 5.39. The molecule has 102 valence electrons. The first kappa shape index (κ1) is 15.0. The molecule has 0 saturated carbocycles.